The first-order valence-electron chi connectivity index (χ1n) is 7.52. The molecule has 20 heavy (non-hydrogen) atoms. The summed E-state index contributed by atoms with van der Waals surface area (Å²) in [6, 6.07) is 5.59. The van der Waals surface area contributed by atoms with Crippen molar-refractivity contribution in [2.45, 2.75) is 40.0 Å². The van der Waals surface area contributed by atoms with E-state index in [1.165, 1.54) is 6.42 Å². The second kappa shape index (κ2) is 6.62. The van der Waals surface area contributed by atoms with E-state index >= 15 is 0 Å². The van der Waals surface area contributed by atoms with Gasteiger partial charge in [0.05, 0.1) is 0 Å². The standard InChI is InChI=1S/C17H24ClNO/c1-12(2)10-14-6-8-19(9-7-14)17(20)15-5-4-13(3)16(18)11-15/h4-5,11-12,14H,6-10H2,1-3H3. The number of amides is 1. The highest BCUT2D eigenvalue weighted by Gasteiger charge is 2.24. The zero-order valence-electron chi connectivity index (χ0n) is 12.7. The van der Waals surface area contributed by atoms with Crippen molar-refractivity contribution >= 4 is 17.5 Å². The molecule has 110 valence electrons. The minimum atomic E-state index is 0.120. The summed E-state index contributed by atoms with van der Waals surface area (Å²) >= 11 is 6.11. The molecule has 1 aromatic carbocycles. The van der Waals surface area contributed by atoms with Gasteiger partial charge in [-0.2, -0.15) is 0 Å². The Labute approximate surface area is 127 Å². The number of benzene rings is 1. The zero-order valence-corrected chi connectivity index (χ0v) is 13.4. The lowest BCUT2D eigenvalue weighted by Gasteiger charge is -2.32. The number of hydrogen-bond acceptors (Lipinski definition) is 1. The second-order valence-corrected chi connectivity index (χ2v) is 6.74. The first-order valence-corrected chi connectivity index (χ1v) is 7.90. The van der Waals surface area contributed by atoms with Crippen LogP contribution in [0.2, 0.25) is 5.02 Å². The van der Waals surface area contributed by atoms with Crippen LogP contribution in [0.1, 0.15) is 49.0 Å². The number of carbonyl (C=O) groups excluding carboxylic acids is 1. The van der Waals surface area contributed by atoms with Crippen LogP contribution in [0.15, 0.2) is 18.2 Å². The smallest absolute Gasteiger partial charge is 0.253 e. The van der Waals surface area contributed by atoms with Gasteiger partial charge in [-0.25, -0.2) is 0 Å². The summed E-state index contributed by atoms with van der Waals surface area (Å²) in [7, 11) is 0. The van der Waals surface area contributed by atoms with Crippen molar-refractivity contribution in [1.82, 2.24) is 4.90 Å². The predicted molar refractivity (Wildman–Crippen MR) is 84.3 cm³/mol. The Bertz CT molecular complexity index is 476. The van der Waals surface area contributed by atoms with E-state index in [0.717, 1.165) is 43.3 Å². The molecule has 0 radical (unpaired) electrons. The number of carbonyl (C=O) groups is 1. The fourth-order valence-electron chi connectivity index (χ4n) is 2.95. The lowest BCUT2D eigenvalue weighted by molar-refractivity contribution is 0.0681. The summed E-state index contributed by atoms with van der Waals surface area (Å²) in [5, 5.41) is 0.672. The Morgan fingerprint density at radius 1 is 1.35 bits per heavy atom. The quantitative estimate of drug-likeness (QED) is 0.801. The number of likely N-dealkylation sites (tertiary alicyclic amines) is 1. The molecule has 0 N–H and O–H groups in total. The van der Waals surface area contributed by atoms with E-state index in [-0.39, 0.29) is 5.91 Å². The average Bonchev–Trinajstić information content (AvgIpc) is 2.41. The van der Waals surface area contributed by atoms with Crippen molar-refractivity contribution in [2.24, 2.45) is 11.8 Å². The van der Waals surface area contributed by atoms with Gasteiger partial charge in [0.2, 0.25) is 0 Å². The van der Waals surface area contributed by atoms with Gasteiger partial charge in [0.1, 0.15) is 0 Å². The van der Waals surface area contributed by atoms with Gasteiger partial charge < -0.3 is 4.90 Å². The lowest BCUT2D eigenvalue weighted by Crippen LogP contribution is -2.38. The fraction of sp³-hybridized carbons (Fsp3) is 0.588. The number of aryl methyl sites for hydroxylation is 1. The van der Waals surface area contributed by atoms with Gasteiger partial charge in [-0.15, -0.1) is 0 Å². The first kappa shape index (κ1) is 15.4. The largest absolute Gasteiger partial charge is 0.339 e. The van der Waals surface area contributed by atoms with Crippen LogP contribution in [0.5, 0.6) is 0 Å². The van der Waals surface area contributed by atoms with Crippen LogP contribution in [0.4, 0.5) is 0 Å². The third-order valence-electron chi connectivity index (χ3n) is 4.13. The summed E-state index contributed by atoms with van der Waals surface area (Å²) in [6.07, 6.45) is 3.53. The van der Waals surface area contributed by atoms with Crippen LogP contribution < -0.4 is 0 Å². The fourth-order valence-corrected chi connectivity index (χ4v) is 3.13. The summed E-state index contributed by atoms with van der Waals surface area (Å²) in [4.78, 5) is 14.4. The molecule has 1 saturated heterocycles. The molecule has 0 aromatic heterocycles. The minimum Gasteiger partial charge on any atom is -0.339 e. The van der Waals surface area contributed by atoms with Crippen molar-refractivity contribution in [2.75, 3.05) is 13.1 Å². The molecule has 1 aliphatic rings. The summed E-state index contributed by atoms with van der Waals surface area (Å²) in [6.45, 7) is 8.25. The minimum absolute atomic E-state index is 0.120. The third-order valence-corrected chi connectivity index (χ3v) is 4.53. The molecule has 2 rings (SSSR count). The molecule has 0 spiro atoms. The van der Waals surface area contributed by atoms with Crippen molar-refractivity contribution in [3.05, 3.63) is 34.3 Å². The normalized spacial score (nSPS) is 16.8. The monoisotopic (exact) mass is 293 g/mol. The maximum atomic E-state index is 12.5. The van der Waals surface area contributed by atoms with E-state index < -0.39 is 0 Å². The van der Waals surface area contributed by atoms with Gasteiger partial charge in [-0.05, 0) is 55.7 Å². The molecule has 2 nitrogen and oxygen atoms in total. The van der Waals surface area contributed by atoms with E-state index in [0.29, 0.717) is 10.6 Å². The second-order valence-electron chi connectivity index (χ2n) is 6.33. The predicted octanol–water partition coefficient (Wildman–Crippen LogP) is 4.55. The van der Waals surface area contributed by atoms with E-state index in [4.69, 9.17) is 11.6 Å². The average molecular weight is 294 g/mol. The van der Waals surface area contributed by atoms with Gasteiger partial charge >= 0.3 is 0 Å². The highest BCUT2D eigenvalue weighted by atomic mass is 35.5. The Hall–Kier alpha value is -1.02. The summed E-state index contributed by atoms with van der Waals surface area (Å²) in [5.41, 5.74) is 1.72. The number of hydrogen-bond donors (Lipinski definition) is 0. The number of nitrogens with zero attached hydrogens (tertiary/aromatic N) is 1. The number of piperidine rings is 1. The van der Waals surface area contributed by atoms with Gasteiger partial charge in [-0.3, -0.25) is 4.79 Å². The van der Waals surface area contributed by atoms with Crippen molar-refractivity contribution in [3.8, 4) is 0 Å². The van der Waals surface area contributed by atoms with Crippen molar-refractivity contribution in [3.63, 3.8) is 0 Å². The molecule has 1 aliphatic heterocycles. The van der Waals surface area contributed by atoms with Crippen LogP contribution in [0.25, 0.3) is 0 Å². The third kappa shape index (κ3) is 3.76. The number of rotatable bonds is 3. The Morgan fingerprint density at radius 2 is 2.00 bits per heavy atom. The molecular formula is C17H24ClNO. The highest BCUT2D eigenvalue weighted by molar-refractivity contribution is 6.31. The Morgan fingerprint density at radius 3 is 2.55 bits per heavy atom. The molecule has 0 bridgehead atoms. The molecule has 1 heterocycles. The molecule has 1 fully saturated rings. The van der Waals surface area contributed by atoms with Gasteiger partial charge in [0.15, 0.2) is 0 Å². The van der Waals surface area contributed by atoms with E-state index in [1.54, 1.807) is 6.07 Å². The highest BCUT2D eigenvalue weighted by Crippen LogP contribution is 2.25. The van der Waals surface area contributed by atoms with Crippen LogP contribution in [0, 0.1) is 18.8 Å². The lowest BCUT2D eigenvalue weighted by atomic mass is 9.88. The first-order chi connectivity index (χ1) is 9.47. The van der Waals surface area contributed by atoms with Crippen LogP contribution in [-0.2, 0) is 0 Å². The summed E-state index contributed by atoms with van der Waals surface area (Å²) in [5.74, 6) is 1.65. The maximum Gasteiger partial charge on any atom is 0.253 e. The molecule has 0 atom stereocenters. The molecular weight excluding hydrogens is 270 g/mol. The van der Waals surface area contributed by atoms with Gasteiger partial charge in [0, 0.05) is 23.7 Å². The van der Waals surface area contributed by atoms with Crippen molar-refractivity contribution < 1.29 is 4.79 Å². The topological polar surface area (TPSA) is 20.3 Å². The van der Waals surface area contributed by atoms with E-state index in [2.05, 4.69) is 13.8 Å². The molecule has 1 aromatic rings. The molecule has 0 saturated carbocycles. The maximum absolute atomic E-state index is 12.5. The number of halogens is 1. The van der Waals surface area contributed by atoms with Crippen molar-refractivity contribution in [1.29, 1.82) is 0 Å². The Balaban J connectivity index is 1.96. The zero-order chi connectivity index (χ0) is 14.7. The molecule has 1 amide bonds. The van der Waals surface area contributed by atoms with Crippen LogP contribution in [-0.4, -0.2) is 23.9 Å². The van der Waals surface area contributed by atoms with E-state index in [1.807, 2.05) is 24.0 Å². The van der Waals surface area contributed by atoms with E-state index in [9.17, 15) is 4.79 Å². The van der Waals surface area contributed by atoms with Crippen LogP contribution in [0.3, 0.4) is 0 Å². The van der Waals surface area contributed by atoms with Crippen LogP contribution >= 0.6 is 11.6 Å². The van der Waals surface area contributed by atoms with Gasteiger partial charge in [0.25, 0.3) is 5.91 Å². The van der Waals surface area contributed by atoms with Gasteiger partial charge in [-0.1, -0.05) is 31.5 Å². The Kier molecular flexibility index (Phi) is 5.09. The summed E-state index contributed by atoms with van der Waals surface area (Å²) < 4.78 is 0. The molecule has 3 heteroatoms. The molecule has 0 unspecified atom stereocenters. The molecule has 0 aliphatic carbocycles. The SMILES string of the molecule is Cc1ccc(C(=O)N2CCC(CC(C)C)CC2)cc1Cl.